The third-order valence-corrected chi connectivity index (χ3v) is 5.58. The summed E-state index contributed by atoms with van der Waals surface area (Å²) in [6, 6.07) is 11.9. The molecule has 0 N–H and O–H groups in total. The molecule has 1 aromatic heterocycles. The Balaban J connectivity index is 1.66. The van der Waals surface area contributed by atoms with Crippen molar-refractivity contribution in [3.8, 4) is 0 Å². The number of hydrogen-bond acceptors (Lipinski definition) is 5. The van der Waals surface area contributed by atoms with Crippen LogP contribution in [-0.4, -0.2) is 64.6 Å². The summed E-state index contributed by atoms with van der Waals surface area (Å²) in [6.07, 6.45) is 2.44. The molecule has 0 unspecified atom stereocenters. The summed E-state index contributed by atoms with van der Waals surface area (Å²) in [5.74, 6) is 0.582. The van der Waals surface area contributed by atoms with E-state index >= 15 is 0 Å². The van der Waals surface area contributed by atoms with E-state index < -0.39 is 0 Å². The maximum atomic E-state index is 13.4. The Bertz CT molecular complexity index is 800. The maximum absolute atomic E-state index is 13.4. The van der Waals surface area contributed by atoms with Crippen LogP contribution in [0.25, 0.3) is 0 Å². The summed E-state index contributed by atoms with van der Waals surface area (Å²) in [4.78, 5) is 26.6. The highest BCUT2D eigenvalue weighted by Gasteiger charge is 2.38. The van der Waals surface area contributed by atoms with Gasteiger partial charge < -0.3 is 14.5 Å². The molecule has 2 saturated heterocycles. The first-order valence-electron chi connectivity index (χ1n) is 10.1. The summed E-state index contributed by atoms with van der Waals surface area (Å²) < 4.78 is 6.20. The second-order valence-electron chi connectivity index (χ2n) is 7.71. The van der Waals surface area contributed by atoms with Crippen molar-refractivity contribution in [3.05, 3.63) is 59.2 Å². The van der Waals surface area contributed by atoms with E-state index in [4.69, 9.17) is 4.74 Å². The molecule has 2 aliphatic rings. The van der Waals surface area contributed by atoms with E-state index in [1.54, 1.807) is 6.07 Å². The van der Waals surface area contributed by atoms with Crippen molar-refractivity contribution in [1.29, 1.82) is 0 Å². The molecular weight excluding hydrogens is 352 g/mol. The third-order valence-electron chi connectivity index (χ3n) is 5.58. The van der Waals surface area contributed by atoms with Crippen LogP contribution in [0.5, 0.6) is 0 Å². The van der Waals surface area contributed by atoms with Crippen LogP contribution in [0.4, 0.5) is 0 Å². The van der Waals surface area contributed by atoms with Gasteiger partial charge in [-0.3, -0.25) is 4.79 Å². The van der Waals surface area contributed by atoms with Crippen LogP contribution in [0, 0.1) is 13.8 Å². The van der Waals surface area contributed by atoms with E-state index in [0.717, 1.165) is 30.9 Å². The number of aryl methyl sites for hydroxylation is 2. The van der Waals surface area contributed by atoms with Gasteiger partial charge in [-0.2, -0.15) is 0 Å². The van der Waals surface area contributed by atoms with Crippen LogP contribution in [0.1, 0.15) is 46.5 Å². The van der Waals surface area contributed by atoms with Gasteiger partial charge in [-0.1, -0.05) is 30.3 Å². The van der Waals surface area contributed by atoms with Gasteiger partial charge >= 0.3 is 0 Å². The molecule has 2 aliphatic heterocycles. The Morgan fingerprint density at radius 1 is 1.11 bits per heavy atom. The summed E-state index contributed by atoms with van der Waals surface area (Å²) in [5.41, 5.74) is 2.39. The molecule has 6 heteroatoms. The molecule has 4 rings (SSSR count). The van der Waals surface area contributed by atoms with Crippen molar-refractivity contribution in [2.24, 2.45) is 0 Å². The molecule has 1 aromatic carbocycles. The first kappa shape index (κ1) is 19.0. The topological polar surface area (TPSA) is 58.6 Å². The van der Waals surface area contributed by atoms with Crippen LogP contribution in [0.15, 0.2) is 36.4 Å². The van der Waals surface area contributed by atoms with E-state index in [1.165, 1.54) is 12.8 Å². The Kier molecular flexibility index (Phi) is 5.69. The molecule has 28 heavy (non-hydrogen) atoms. The number of ether oxygens (including phenoxy) is 1. The molecule has 3 heterocycles. The molecule has 2 fully saturated rings. The lowest BCUT2D eigenvalue weighted by Gasteiger charge is -2.42. The quantitative estimate of drug-likeness (QED) is 0.816. The van der Waals surface area contributed by atoms with Crippen LogP contribution < -0.4 is 0 Å². The number of morpholine rings is 1. The van der Waals surface area contributed by atoms with Gasteiger partial charge in [0.15, 0.2) is 0 Å². The van der Waals surface area contributed by atoms with E-state index in [2.05, 4.69) is 27.0 Å². The lowest BCUT2D eigenvalue weighted by Crippen LogP contribution is -2.51. The Morgan fingerprint density at radius 2 is 1.86 bits per heavy atom. The van der Waals surface area contributed by atoms with E-state index in [9.17, 15) is 4.79 Å². The predicted molar refractivity (Wildman–Crippen MR) is 107 cm³/mol. The summed E-state index contributed by atoms with van der Waals surface area (Å²) >= 11 is 0. The maximum Gasteiger partial charge on any atom is 0.273 e. The van der Waals surface area contributed by atoms with Gasteiger partial charge in [-0.25, -0.2) is 9.97 Å². The highest BCUT2D eigenvalue weighted by atomic mass is 16.5. The number of rotatable bonds is 4. The van der Waals surface area contributed by atoms with Gasteiger partial charge in [0.1, 0.15) is 11.5 Å². The number of amides is 1. The average molecular weight is 380 g/mol. The van der Waals surface area contributed by atoms with Crippen molar-refractivity contribution in [1.82, 2.24) is 19.8 Å². The second-order valence-corrected chi connectivity index (χ2v) is 7.71. The number of benzene rings is 1. The second kappa shape index (κ2) is 8.37. The third kappa shape index (κ3) is 4.08. The highest BCUT2D eigenvalue weighted by molar-refractivity contribution is 5.92. The minimum Gasteiger partial charge on any atom is -0.373 e. The molecule has 2 atom stereocenters. The zero-order chi connectivity index (χ0) is 19.5. The number of carbonyl (C=O) groups is 1. The van der Waals surface area contributed by atoms with Crippen LogP contribution in [0.2, 0.25) is 0 Å². The van der Waals surface area contributed by atoms with Crippen molar-refractivity contribution in [2.45, 2.75) is 38.8 Å². The Morgan fingerprint density at radius 3 is 2.57 bits per heavy atom. The monoisotopic (exact) mass is 380 g/mol. The van der Waals surface area contributed by atoms with Gasteiger partial charge in [0.25, 0.3) is 5.91 Å². The van der Waals surface area contributed by atoms with Crippen LogP contribution in [-0.2, 0) is 4.74 Å². The molecule has 0 spiro atoms. The lowest BCUT2D eigenvalue weighted by atomic mass is 9.97. The molecule has 0 bridgehead atoms. The first-order chi connectivity index (χ1) is 13.6. The minimum absolute atomic E-state index is 0.0396. The fourth-order valence-corrected chi connectivity index (χ4v) is 4.35. The molecule has 148 valence electrons. The molecule has 0 aliphatic carbocycles. The zero-order valence-corrected chi connectivity index (χ0v) is 16.7. The smallest absolute Gasteiger partial charge is 0.273 e. The standard InChI is InChI=1S/C22H28N4O2/c1-16-14-19(24-17(2)23-16)22(27)26-12-13-28-20(15-25-10-6-7-11-25)21(26)18-8-4-3-5-9-18/h3-5,8-9,14,20-21H,6-7,10-13,15H2,1-2H3/t20-,21-/m0/s1. The first-order valence-corrected chi connectivity index (χ1v) is 10.1. The summed E-state index contributed by atoms with van der Waals surface area (Å²) in [7, 11) is 0. The summed E-state index contributed by atoms with van der Waals surface area (Å²) in [5, 5.41) is 0. The SMILES string of the molecule is Cc1cc(C(=O)N2CCO[C@@H](CN3CCCC3)[C@@H]2c2ccccc2)nc(C)n1. The number of aromatic nitrogens is 2. The number of nitrogens with zero attached hydrogens (tertiary/aromatic N) is 4. The van der Waals surface area contributed by atoms with Gasteiger partial charge in [0, 0.05) is 18.8 Å². The fourth-order valence-electron chi connectivity index (χ4n) is 4.35. The van der Waals surface area contributed by atoms with Gasteiger partial charge in [0.2, 0.25) is 0 Å². The Hall–Kier alpha value is -2.31. The fraction of sp³-hybridized carbons (Fsp3) is 0.500. The lowest BCUT2D eigenvalue weighted by molar-refractivity contribution is -0.0708. The minimum atomic E-state index is -0.112. The predicted octanol–water partition coefficient (Wildman–Crippen LogP) is 2.77. The molecule has 2 aromatic rings. The summed E-state index contributed by atoms with van der Waals surface area (Å²) in [6.45, 7) is 7.92. The largest absolute Gasteiger partial charge is 0.373 e. The van der Waals surface area contributed by atoms with Crippen molar-refractivity contribution in [2.75, 3.05) is 32.8 Å². The van der Waals surface area contributed by atoms with E-state index in [0.29, 0.717) is 24.7 Å². The van der Waals surface area contributed by atoms with Crippen molar-refractivity contribution < 1.29 is 9.53 Å². The molecule has 0 saturated carbocycles. The van der Waals surface area contributed by atoms with Crippen LogP contribution >= 0.6 is 0 Å². The van der Waals surface area contributed by atoms with Gasteiger partial charge in [-0.15, -0.1) is 0 Å². The number of hydrogen-bond donors (Lipinski definition) is 0. The number of likely N-dealkylation sites (tertiary alicyclic amines) is 1. The number of carbonyl (C=O) groups excluding carboxylic acids is 1. The molecule has 0 radical (unpaired) electrons. The van der Waals surface area contributed by atoms with Crippen LogP contribution in [0.3, 0.4) is 0 Å². The Labute approximate surface area is 166 Å². The van der Waals surface area contributed by atoms with Crippen molar-refractivity contribution in [3.63, 3.8) is 0 Å². The van der Waals surface area contributed by atoms with E-state index in [1.807, 2.05) is 36.9 Å². The van der Waals surface area contributed by atoms with E-state index in [-0.39, 0.29) is 18.1 Å². The van der Waals surface area contributed by atoms with Gasteiger partial charge in [-0.05, 0) is 51.4 Å². The molecule has 1 amide bonds. The molecular formula is C22H28N4O2. The van der Waals surface area contributed by atoms with Gasteiger partial charge in [0.05, 0.1) is 18.8 Å². The average Bonchev–Trinajstić information content (AvgIpc) is 3.20. The normalized spacial score (nSPS) is 23.1. The molecule has 6 nitrogen and oxygen atoms in total. The highest BCUT2D eigenvalue weighted by Crippen LogP contribution is 2.32. The zero-order valence-electron chi connectivity index (χ0n) is 16.7. The van der Waals surface area contributed by atoms with Crippen molar-refractivity contribution >= 4 is 5.91 Å².